The van der Waals surface area contributed by atoms with E-state index in [-0.39, 0.29) is 17.9 Å². The maximum absolute atomic E-state index is 11.9. The van der Waals surface area contributed by atoms with E-state index in [1.807, 2.05) is 20.8 Å². The molecule has 1 amide bonds. The number of ether oxygens (including phenoxy) is 1. The summed E-state index contributed by atoms with van der Waals surface area (Å²) in [5, 5.41) is 18.4. The van der Waals surface area contributed by atoms with Gasteiger partial charge in [-0.15, -0.1) is 0 Å². The molecule has 0 saturated carbocycles. The van der Waals surface area contributed by atoms with Gasteiger partial charge in [0.15, 0.2) is 6.29 Å². The smallest absolute Gasteiger partial charge is 0.410 e. The molecule has 2 N–H and O–H groups in total. The van der Waals surface area contributed by atoms with Crippen LogP contribution >= 0.6 is 0 Å². The molecule has 2 unspecified atom stereocenters. The Balaban J connectivity index is 2.56. The topological polar surface area (TPSA) is 70.0 Å². The second-order valence-electron chi connectivity index (χ2n) is 6.10. The summed E-state index contributed by atoms with van der Waals surface area (Å²) in [7, 11) is 0. The van der Waals surface area contributed by atoms with Crippen molar-refractivity contribution in [2.45, 2.75) is 52.4 Å². The highest BCUT2D eigenvalue weighted by atomic mass is 16.6. The number of aliphatic hydroxyl groups is 2. The molecule has 0 spiro atoms. The van der Waals surface area contributed by atoms with Crippen molar-refractivity contribution < 1.29 is 19.7 Å². The second-order valence-corrected chi connectivity index (χ2v) is 6.10. The van der Waals surface area contributed by atoms with Gasteiger partial charge in [0.1, 0.15) is 5.60 Å². The van der Waals surface area contributed by atoms with Crippen LogP contribution in [-0.2, 0) is 4.74 Å². The van der Waals surface area contributed by atoms with Crippen molar-refractivity contribution >= 4 is 6.09 Å². The molecule has 0 aromatic heterocycles. The van der Waals surface area contributed by atoms with Gasteiger partial charge in [0.2, 0.25) is 0 Å². The predicted molar refractivity (Wildman–Crippen MR) is 67.9 cm³/mol. The minimum absolute atomic E-state index is 0.117. The summed E-state index contributed by atoms with van der Waals surface area (Å²) in [5.41, 5.74) is -0.494. The number of rotatable bonds is 2. The van der Waals surface area contributed by atoms with Crippen molar-refractivity contribution in [3.63, 3.8) is 0 Å². The van der Waals surface area contributed by atoms with Gasteiger partial charge in [-0.05, 0) is 39.5 Å². The van der Waals surface area contributed by atoms with E-state index in [1.165, 1.54) is 0 Å². The fourth-order valence-corrected chi connectivity index (χ4v) is 2.17. The summed E-state index contributed by atoms with van der Waals surface area (Å²) in [5.74, 6) is -0.110. The lowest BCUT2D eigenvalue weighted by Crippen LogP contribution is -2.45. The minimum Gasteiger partial charge on any atom is -0.444 e. The largest absolute Gasteiger partial charge is 0.444 e. The zero-order valence-electron chi connectivity index (χ0n) is 11.7. The number of aliphatic hydroxyl groups excluding tert-OH is 1. The van der Waals surface area contributed by atoms with Gasteiger partial charge in [-0.25, -0.2) is 4.79 Å². The van der Waals surface area contributed by atoms with Crippen LogP contribution in [0.2, 0.25) is 0 Å². The monoisotopic (exact) mass is 259 g/mol. The van der Waals surface area contributed by atoms with E-state index < -0.39 is 11.9 Å². The predicted octanol–water partition coefficient (Wildman–Crippen LogP) is 1.58. The van der Waals surface area contributed by atoms with Gasteiger partial charge in [-0.1, -0.05) is 6.92 Å². The molecule has 2 atom stereocenters. The molecular weight excluding hydrogens is 234 g/mol. The van der Waals surface area contributed by atoms with Crippen molar-refractivity contribution in [1.82, 2.24) is 4.90 Å². The van der Waals surface area contributed by atoms with E-state index in [2.05, 4.69) is 0 Å². The van der Waals surface area contributed by atoms with Crippen molar-refractivity contribution in [3.05, 3.63) is 0 Å². The molecule has 0 radical (unpaired) electrons. The second kappa shape index (κ2) is 5.89. The molecule has 1 rings (SSSR count). The summed E-state index contributed by atoms with van der Waals surface area (Å²) in [6.45, 7) is 8.53. The van der Waals surface area contributed by atoms with Gasteiger partial charge in [0.05, 0.1) is 0 Å². The molecule has 0 aromatic carbocycles. The van der Waals surface area contributed by atoms with Crippen molar-refractivity contribution in [2.75, 3.05) is 13.1 Å². The highest BCUT2D eigenvalue weighted by Gasteiger charge is 2.31. The lowest BCUT2D eigenvalue weighted by atomic mass is 9.86. The number of carbonyl (C=O) groups excluding carboxylic acids is 1. The van der Waals surface area contributed by atoms with E-state index in [4.69, 9.17) is 4.74 Å². The molecule has 18 heavy (non-hydrogen) atoms. The number of likely N-dealkylation sites (tertiary alicyclic amines) is 1. The first-order valence-electron chi connectivity index (χ1n) is 6.55. The van der Waals surface area contributed by atoms with Crippen LogP contribution in [0.1, 0.15) is 40.5 Å². The first-order chi connectivity index (χ1) is 8.20. The van der Waals surface area contributed by atoms with Crippen LogP contribution in [-0.4, -0.2) is 46.2 Å². The first kappa shape index (κ1) is 15.2. The summed E-state index contributed by atoms with van der Waals surface area (Å²) >= 11 is 0. The van der Waals surface area contributed by atoms with Crippen LogP contribution < -0.4 is 0 Å². The van der Waals surface area contributed by atoms with Gasteiger partial charge in [-0.2, -0.15) is 0 Å². The van der Waals surface area contributed by atoms with Crippen LogP contribution in [0.5, 0.6) is 0 Å². The zero-order valence-corrected chi connectivity index (χ0v) is 11.7. The molecule has 1 aliphatic rings. The number of piperidine rings is 1. The maximum atomic E-state index is 11.9. The summed E-state index contributed by atoms with van der Waals surface area (Å²) < 4.78 is 5.33. The minimum atomic E-state index is -1.33. The molecule has 0 bridgehead atoms. The zero-order chi connectivity index (χ0) is 13.9. The van der Waals surface area contributed by atoms with Crippen LogP contribution in [0, 0.1) is 11.8 Å². The highest BCUT2D eigenvalue weighted by molar-refractivity contribution is 5.68. The summed E-state index contributed by atoms with van der Waals surface area (Å²) in [4.78, 5) is 13.6. The van der Waals surface area contributed by atoms with Gasteiger partial charge in [-0.3, -0.25) is 0 Å². The van der Waals surface area contributed by atoms with Crippen LogP contribution in [0.4, 0.5) is 4.79 Å². The average Bonchev–Trinajstić information content (AvgIpc) is 2.25. The van der Waals surface area contributed by atoms with E-state index in [0.29, 0.717) is 13.1 Å². The molecule has 1 fully saturated rings. The van der Waals surface area contributed by atoms with Crippen molar-refractivity contribution in [2.24, 2.45) is 11.8 Å². The van der Waals surface area contributed by atoms with Gasteiger partial charge in [0.25, 0.3) is 0 Å². The molecule has 1 heterocycles. The number of amides is 1. The Morgan fingerprint density at radius 1 is 1.39 bits per heavy atom. The van der Waals surface area contributed by atoms with E-state index in [0.717, 1.165) is 12.8 Å². The lowest BCUT2D eigenvalue weighted by molar-refractivity contribution is -0.102. The SMILES string of the molecule is CC(C(O)O)C1CCCN(C(=O)OC(C)(C)C)C1. The molecule has 106 valence electrons. The number of carbonyl (C=O) groups is 1. The Morgan fingerprint density at radius 2 is 2.00 bits per heavy atom. The molecule has 1 saturated heterocycles. The maximum Gasteiger partial charge on any atom is 0.410 e. The Labute approximate surface area is 109 Å². The van der Waals surface area contributed by atoms with E-state index >= 15 is 0 Å². The third-order valence-corrected chi connectivity index (χ3v) is 3.32. The molecule has 0 aromatic rings. The normalized spacial score (nSPS) is 23.1. The van der Waals surface area contributed by atoms with Crippen molar-refractivity contribution in [1.29, 1.82) is 0 Å². The fourth-order valence-electron chi connectivity index (χ4n) is 2.17. The molecule has 5 heteroatoms. The average molecular weight is 259 g/mol. The van der Waals surface area contributed by atoms with E-state index in [1.54, 1.807) is 11.8 Å². The Bertz CT molecular complexity index is 285. The molecule has 1 aliphatic heterocycles. The third-order valence-electron chi connectivity index (χ3n) is 3.32. The Morgan fingerprint density at radius 3 is 2.50 bits per heavy atom. The molecule has 0 aliphatic carbocycles. The van der Waals surface area contributed by atoms with Crippen molar-refractivity contribution in [3.8, 4) is 0 Å². The summed E-state index contributed by atoms with van der Waals surface area (Å²) in [6, 6.07) is 0. The fraction of sp³-hybridized carbons (Fsp3) is 0.923. The Hall–Kier alpha value is -0.810. The number of hydrogen-bond donors (Lipinski definition) is 2. The quantitative estimate of drug-likeness (QED) is 0.739. The highest BCUT2D eigenvalue weighted by Crippen LogP contribution is 2.26. The van der Waals surface area contributed by atoms with Crippen LogP contribution in [0.3, 0.4) is 0 Å². The van der Waals surface area contributed by atoms with Gasteiger partial charge in [0, 0.05) is 19.0 Å². The molecular formula is C13H25NO4. The first-order valence-corrected chi connectivity index (χ1v) is 6.55. The van der Waals surface area contributed by atoms with Crippen LogP contribution in [0.15, 0.2) is 0 Å². The standard InChI is InChI=1S/C13H25NO4/c1-9(11(15)16)10-6-5-7-14(8-10)12(17)18-13(2,3)4/h9-11,15-16H,5-8H2,1-4H3. The lowest BCUT2D eigenvalue weighted by Gasteiger charge is -2.36. The Kier molecular flexibility index (Phi) is 4.99. The van der Waals surface area contributed by atoms with Crippen LogP contribution in [0.25, 0.3) is 0 Å². The van der Waals surface area contributed by atoms with Gasteiger partial charge >= 0.3 is 6.09 Å². The number of hydrogen-bond acceptors (Lipinski definition) is 4. The van der Waals surface area contributed by atoms with E-state index in [9.17, 15) is 15.0 Å². The van der Waals surface area contributed by atoms with Gasteiger partial charge < -0.3 is 19.8 Å². The third kappa shape index (κ3) is 4.46. The summed E-state index contributed by atoms with van der Waals surface area (Å²) in [6.07, 6.45) is 0.152. The number of nitrogens with zero attached hydrogens (tertiary/aromatic N) is 1. The molecule has 5 nitrogen and oxygen atoms in total.